The van der Waals surface area contributed by atoms with Crippen molar-refractivity contribution in [1.82, 2.24) is 19.6 Å². The van der Waals surface area contributed by atoms with Crippen LogP contribution in [-0.2, 0) is 20.2 Å². The maximum atomic E-state index is 12.1. The molecule has 0 unspecified atom stereocenters. The third-order valence-corrected chi connectivity index (χ3v) is 8.11. The van der Waals surface area contributed by atoms with E-state index in [1.165, 1.54) is 35.9 Å². The number of benzene rings is 3. The van der Waals surface area contributed by atoms with Crippen molar-refractivity contribution in [3.05, 3.63) is 89.6 Å². The number of nitrogens with zero attached hydrogens (tertiary/aromatic N) is 7. The Labute approximate surface area is 254 Å². The first kappa shape index (κ1) is 30.7. The number of nitriles is 1. The van der Waals surface area contributed by atoms with Crippen LogP contribution >= 0.6 is 0 Å². The van der Waals surface area contributed by atoms with Crippen LogP contribution in [0.25, 0.3) is 22.6 Å². The molecule has 0 atom stereocenters. The van der Waals surface area contributed by atoms with Crippen LogP contribution in [0.2, 0.25) is 0 Å². The molecular weight excluding hydrogens is 628 g/mol. The Bertz CT molecular complexity index is 2270. The highest BCUT2D eigenvalue weighted by molar-refractivity contribution is 7.86. The average Bonchev–Trinajstić information content (AvgIpc) is 3.50. The van der Waals surface area contributed by atoms with Gasteiger partial charge in [-0.25, -0.2) is 26.2 Å². The zero-order valence-electron chi connectivity index (χ0n) is 22.7. The molecule has 2 aromatic heterocycles. The van der Waals surface area contributed by atoms with Crippen molar-refractivity contribution in [2.75, 3.05) is 5.73 Å². The highest BCUT2D eigenvalue weighted by Gasteiger charge is 2.24. The smallest absolute Gasteiger partial charge is 0.196 e. The minimum absolute atomic E-state index is 0.00367. The van der Waals surface area contributed by atoms with E-state index in [1.807, 2.05) is 6.07 Å². The van der Waals surface area contributed by atoms with E-state index >= 15 is 0 Å². The maximum Gasteiger partial charge on any atom is 0.196 e. The van der Waals surface area contributed by atoms with Gasteiger partial charge in [0.15, 0.2) is 17.3 Å². The highest BCUT2D eigenvalue weighted by atomic mass is 32.2. The maximum absolute atomic E-state index is 12.1. The van der Waals surface area contributed by atoms with Gasteiger partial charge in [0.05, 0.1) is 32.8 Å². The van der Waals surface area contributed by atoms with Crippen molar-refractivity contribution in [3.8, 4) is 28.7 Å². The molecule has 0 radical (unpaired) electrons. The Morgan fingerprint density at radius 3 is 2.16 bits per heavy atom. The Morgan fingerprint density at radius 2 is 1.58 bits per heavy atom. The van der Waals surface area contributed by atoms with Crippen LogP contribution < -0.4 is 10.8 Å². The van der Waals surface area contributed by atoms with Gasteiger partial charge in [-0.2, -0.15) is 15.5 Å². The number of nitrogens with two attached hydrogens (primary N) is 1. The molecule has 45 heavy (non-hydrogen) atoms. The normalized spacial score (nSPS) is 12.0. The molecule has 228 valence electrons. The molecule has 0 spiro atoms. The van der Waals surface area contributed by atoms with Crippen LogP contribution in [0.4, 0.5) is 17.3 Å². The van der Waals surface area contributed by atoms with Gasteiger partial charge in [-0.15, -0.1) is 10.2 Å². The van der Waals surface area contributed by atoms with Crippen molar-refractivity contribution in [2.45, 2.75) is 16.7 Å². The number of hydrogen-bond acceptors (Lipinski definition) is 14. The van der Waals surface area contributed by atoms with Gasteiger partial charge < -0.3 is 24.7 Å². The van der Waals surface area contributed by atoms with Gasteiger partial charge in [0.1, 0.15) is 37.6 Å². The molecule has 18 heteroatoms. The minimum Gasteiger partial charge on any atom is -0.744 e. The molecule has 5 rings (SSSR count). The zero-order valence-corrected chi connectivity index (χ0v) is 24.4. The topological polar surface area (TPSA) is 265 Å². The predicted molar refractivity (Wildman–Crippen MR) is 151 cm³/mol. The van der Waals surface area contributed by atoms with Gasteiger partial charge in [0.2, 0.25) is 0 Å². The van der Waals surface area contributed by atoms with Gasteiger partial charge >= 0.3 is 0 Å². The van der Waals surface area contributed by atoms with Crippen LogP contribution in [-0.4, -0.2) is 51.5 Å². The van der Waals surface area contributed by atoms with E-state index in [-0.39, 0.29) is 34.0 Å². The van der Waals surface area contributed by atoms with Crippen LogP contribution in [0.15, 0.2) is 92.8 Å². The first-order chi connectivity index (χ1) is 21.2. The summed E-state index contributed by atoms with van der Waals surface area (Å²) in [6, 6.07) is 17.8. The van der Waals surface area contributed by atoms with Gasteiger partial charge in [0.25, 0.3) is 0 Å². The number of hydrogen-bond donors (Lipinski definition) is 1. The van der Waals surface area contributed by atoms with Crippen LogP contribution in [0.1, 0.15) is 21.6 Å². The van der Waals surface area contributed by atoms with E-state index in [4.69, 9.17) is 5.73 Å². The number of aromatic nitrogens is 4. The molecule has 2 heterocycles. The molecule has 0 aliphatic carbocycles. The molecule has 0 saturated carbocycles. The zero-order chi connectivity index (χ0) is 32.7. The number of carbonyl (C=O) groups is 1. The summed E-state index contributed by atoms with van der Waals surface area (Å²) in [6.45, 7) is 1.37. The molecule has 0 amide bonds. The summed E-state index contributed by atoms with van der Waals surface area (Å²) in [5.74, 6) is -1.90. The second-order valence-electron chi connectivity index (χ2n) is 9.24. The number of carboxylic acids is 1. The van der Waals surface area contributed by atoms with E-state index in [2.05, 4.69) is 20.4 Å². The SMILES string of the molecule is Cc1nn(-c2cc(S(=O)(=O)[O-])ccc2S(=O)(=O)[O-])c(N=Nc2c(-c3ccccc3)nn(-c3ccc(C(=O)[O-])cc3)c2N)c1C#N. The summed E-state index contributed by atoms with van der Waals surface area (Å²) >= 11 is 0. The van der Waals surface area contributed by atoms with E-state index in [0.717, 1.165) is 0 Å². The number of aryl methyl sites for hydroxylation is 1. The van der Waals surface area contributed by atoms with E-state index in [0.29, 0.717) is 34.1 Å². The van der Waals surface area contributed by atoms with E-state index in [9.17, 15) is 41.1 Å². The van der Waals surface area contributed by atoms with Crippen LogP contribution in [0.5, 0.6) is 0 Å². The molecule has 0 fully saturated rings. The molecule has 0 bridgehead atoms. The third-order valence-electron chi connectivity index (χ3n) is 6.40. The Balaban J connectivity index is 1.74. The molecule has 3 aromatic carbocycles. The molecule has 0 saturated heterocycles. The van der Waals surface area contributed by atoms with Crippen molar-refractivity contribution in [1.29, 1.82) is 5.26 Å². The second-order valence-corrected chi connectivity index (χ2v) is 12.0. The highest BCUT2D eigenvalue weighted by Crippen LogP contribution is 2.39. The van der Waals surface area contributed by atoms with Crippen molar-refractivity contribution >= 4 is 43.5 Å². The summed E-state index contributed by atoms with van der Waals surface area (Å²) in [7, 11) is -10.4. The number of carboxylic acid groups (broad SMARTS) is 1. The third kappa shape index (κ3) is 5.91. The fourth-order valence-electron chi connectivity index (χ4n) is 4.28. The van der Waals surface area contributed by atoms with E-state index < -0.39 is 47.5 Å². The summed E-state index contributed by atoms with van der Waals surface area (Å²) in [5, 5.41) is 38.0. The monoisotopic (exact) mass is 645 g/mol. The summed E-state index contributed by atoms with van der Waals surface area (Å²) in [4.78, 5) is 9.37. The standard InChI is InChI=1S/C27H20N8O8S2/c1-15-20(14-28)26(35(32-15)21-13-19(44(38,39)40)11-12-22(21)45(41,42)43)31-30-24-23(16-5-3-2-4-6-16)33-34(25(24)29)18-9-7-17(8-10-18)27(36)37/h2-13H,29H2,1H3,(H,36,37)(H,38,39,40)(H,41,42,43)/p-3. The Morgan fingerprint density at radius 1 is 0.911 bits per heavy atom. The lowest BCUT2D eigenvalue weighted by molar-refractivity contribution is -0.255. The average molecular weight is 646 g/mol. The first-order valence-corrected chi connectivity index (χ1v) is 15.3. The molecule has 0 aliphatic heterocycles. The number of nitrogen functional groups attached to an aromatic ring is 1. The van der Waals surface area contributed by atoms with Gasteiger partial charge in [-0.05, 0) is 42.8 Å². The minimum atomic E-state index is -5.26. The number of carbonyl (C=O) groups excluding carboxylic acids is 1. The van der Waals surface area contributed by atoms with Crippen molar-refractivity contribution < 1.29 is 35.8 Å². The number of aromatic carboxylic acids is 1. The lowest BCUT2D eigenvalue weighted by atomic mass is 10.1. The van der Waals surface area contributed by atoms with Crippen LogP contribution in [0, 0.1) is 18.3 Å². The second kappa shape index (κ2) is 11.4. The summed E-state index contributed by atoms with van der Waals surface area (Å²) in [5.41, 5.74) is 6.47. The Kier molecular flexibility index (Phi) is 7.78. The molecule has 0 aliphatic rings. The Hall–Kier alpha value is -5.74. The molecule has 5 aromatic rings. The van der Waals surface area contributed by atoms with Crippen molar-refractivity contribution in [3.63, 3.8) is 0 Å². The molecule has 2 N–H and O–H groups in total. The lowest BCUT2D eigenvalue weighted by Gasteiger charge is -2.16. The largest absolute Gasteiger partial charge is 0.744 e. The number of anilines is 1. The fourth-order valence-corrected chi connectivity index (χ4v) is 5.41. The fraction of sp³-hybridized carbons (Fsp3) is 0.0370. The van der Waals surface area contributed by atoms with Gasteiger partial charge in [0, 0.05) is 5.56 Å². The number of azo groups is 1. The van der Waals surface area contributed by atoms with Gasteiger partial charge in [-0.3, -0.25) is 0 Å². The summed E-state index contributed by atoms with van der Waals surface area (Å²) < 4.78 is 73.3. The van der Waals surface area contributed by atoms with Crippen LogP contribution in [0.3, 0.4) is 0 Å². The first-order valence-electron chi connectivity index (χ1n) is 12.4. The molecule has 16 nitrogen and oxygen atoms in total. The van der Waals surface area contributed by atoms with E-state index in [1.54, 1.807) is 30.3 Å². The molecular formula is C27H17N8O8S2-3. The van der Waals surface area contributed by atoms with Gasteiger partial charge in [-0.1, -0.05) is 42.5 Å². The predicted octanol–water partition coefficient (Wildman–Crippen LogP) is 2.07. The number of rotatable bonds is 8. The quantitative estimate of drug-likeness (QED) is 0.188. The summed E-state index contributed by atoms with van der Waals surface area (Å²) in [6.07, 6.45) is 0. The van der Waals surface area contributed by atoms with Crippen molar-refractivity contribution in [2.24, 2.45) is 10.2 Å². The lowest BCUT2D eigenvalue weighted by Crippen LogP contribution is -2.22.